The van der Waals surface area contributed by atoms with Gasteiger partial charge in [-0.15, -0.1) is 6.58 Å². The monoisotopic (exact) mass is 360 g/mol. The minimum absolute atomic E-state index is 0.0206. The topological polar surface area (TPSA) is 67.9 Å². The summed E-state index contributed by atoms with van der Waals surface area (Å²) in [5.41, 5.74) is 1.51. The van der Waals surface area contributed by atoms with Gasteiger partial charge >= 0.3 is 0 Å². The van der Waals surface area contributed by atoms with Crippen molar-refractivity contribution in [3.63, 3.8) is 0 Å². The highest BCUT2D eigenvalue weighted by atomic mass is 32.1. The van der Waals surface area contributed by atoms with Crippen LogP contribution in [0.4, 0.5) is 0 Å². The molecule has 0 aromatic heterocycles. The van der Waals surface area contributed by atoms with Gasteiger partial charge in [0, 0.05) is 12.1 Å². The molecular formula is C18H20N2O4S. The number of benzene rings is 1. The summed E-state index contributed by atoms with van der Waals surface area (Å²) in [7, 11) is 3.09. The van der Waals surface area contributed by atoms with Crippen LogP contribution in [0.1, 0.15) is 18.1 Å². The fraction of sp³-hybridized carbons (Fsp3) is 0.278. The van der Waals surface area contributed by atoms with Crippen molar-refractivity contribution in [2.75, 3.05) is 20.8 Å². The van der Waals surface area contributed by atoms with E-state index in [1.54, 1.807) is 26.2 Å². The van der Waals surface area contributed by atoms with E-state index in [9.17, 15) is 9.59 Å². The Hall–Kier alpha value is -2.67. The van der Waals surface area contributed by atoms with Crippen LogP contribution in [0, 0.1) is 0 Å². The maximum Gasteiger partial charge on any atom is 0.265 e. The van der Waals surface area contributed by atoms with Gasteiger partial charge in [-0.1, -0.05) is 6.08 Å². The predicted molar refractivity (Wildman–Crippen MR) is 99.6 cm³/mol. The Kier molecular flexibility index (Phi) is 5.93. The van der Waals surface area contributed by atoms with Crippen LogP contribution in [0.15, 0.2) is 30.4 Å². The van der Waals surface area contributed by atoms with E-state index in [1.165, 1.54) is 18.1 Å². The summed E-state index contributed by atoms with van der Waals surface area (Å²) in [4.78, 5) is 26.0. The largest absolute Gasteiger partial charge is 0.493 e. The Morgan fingerprint density at radius 2 is 2.00 bits per heavy atom. The van der Waals surface area contributed by atoms with Crippen molar-refractivity contribution in [1.82, 2.24) is 10.2 Å². The first kappa shape index (κ1) is 18.7. The third-order valence-corrected chi connectivity index (χ3v) is 4.08. The molecule has 0 unspecified atom stereocenters. The van der Waals surface area contributed by atoms with Crippen LogP contribution in [0.5, 0.6) is 11.5 Å². The summed E-state index contributed by atoms with van der Waals surface area (Å²) in [6.45, 7) is 5.90. The van der Waals surface area contributed by atoms with Crippen LogP contribution >= 0.6 is 12.2 Å². The first-order valence-electron chi connectivity index (χ1n) is 7.71. The molecule has 1 aliphatic rings. The van der Waals surface area contributed by atoms with Crippen LogP contribution in [0.3, 0.4) is 0 Å². The smallest absolute Gasteiger partial charge is 0.265 e. The fourth-order valence-electron chi connectivity index (χ4n) is 2.61. The van der Waals surface area contributed by atoms with Gasteiger partial charge in [0.2, 0.25) is 0 Å². The SMILES string of the molecule is C=CCc1cc(/C=C2\C(=O)NC(=S)N(CC)C2=O)cc(OC)c1OC. The number of amides is 2. The number of rotatable bonds is 6. The molecule has 2 amide bonds. The normalized spacial score (nSPS) is 16.0. The summed E-state index contributed by atoms with van der Waals surface area (Å²) >= 11 is 5.02. The number of hydrogen-bond donors (Lipinski definition) is 1. The predicted octanol–water partition coefficient (Wildman–Crippen LogP) is 2.08. The second-order valence-electron chi connectivity index (χ2n) is 5.28. The lowest BCUT2D eigenvalue weighted by Gasteiger charge is -2.27. The number of allylic oxidation sites excluding steroid dienone is 1. The van der Waals surface area contributed by atoms with Gasteiger partial charge in [-0.2, -0.15) is 0 Å². The Morgan fingerprint density at radius 1 is 1.28 bits per heavy atom. The van der Waals surface area contributed by atoms with Crippen molar-refractivity contribution in [1.29, 1.82) is 0 Å². The van der Waals surface area contributed by atoms with E-state index in [1.807, 2.05) is 6.07 Å². The molecule has 0 aliphatic carbocycles. The van der Waals surface area contributed by atoms with Crippen molar-refractivity contribution in [3.8, 4) is 11.5 Å². The van der Waals surface area contributed by atoms with Gasteiger partial charge in [-0.05, 0) is 49.3 Å². The lowest BCUT2D eigenvalue weighted by Crippen LogP contribution is -2.53. The molecule has 1 aromatic rings. The van der Waals surface area contributed by atoms with Gasteiger partial charge in [0.15, 0.2) is 16.6 Å². The molecule has 25 heavy (non-hydrogen) atoms. The average molecular weight is 360 g/mol. The Morgan fingerprint density at radius 3 is 2.56 bits per heavy atom. The first-order valence-corrected chi connectivity index (χ1v) is 8.12. The summed E-state index contributed by atoms with van der Waals surface area (Å²) in [5.74, 6) is 0.177. The van der Waals surface area contributed by atoms with Crippen molar-refractivity contribution in [3.05, 3.63) is 41.5 Å². The molecule has 1 fully saturated rings. The van der Waals surface area contributed by atoms with Gasteiger partial charge in [0.05, 0.1) is 14.2 Å². The van der Waals surface area contributed by atoms with E-state index in [0.29, 0.717) is 30.0 Å². The highest BCUT2D eigenvalue weighted by Gasteiger charge is 2.32. The van der Waals surface area contributed by atoms with Crippen LogP contribution in [0.25, 0.3) is 6.08 Å². The Bertz CT molecular complexity index is 771. The maximum absolute atomic E-state index is 12.5. The van der Waals surface area contributed by atoms with E-state index in [2.05, 4.69) is 11.9 Å². The van der Waals surface area contributed by atoms with Gasteiger partial charge in [-0.25, -0.2) is 0 Å². The number of nitrogens with zero attached hydrogens (tertiary/aromatic N) is 1. The molecular weight excluding hydrogens is 340 g/mol. The molecule has 0 saturated carbocycles. The molecule has 7 heteroatoms. The van der Waals surface area contributed by atoms with Crippen molar-refractivity contribution >= 4 is 35.2 Å². The number of carbonyl (C=O) groups excluding carboxylic acids is 2. The van der Waals surface area contributed by atoms with E-state index < -0.39 is 11.8 Å². The molecule has 1 heterocycles. The lowest BCUT2D eigenvalue weighted by molar-refractivity contribution is -0.128. The van der Waals surface area contributed by atoms with Crippen LogP contribution in [-0.2, 0) is 16.0 Å². The van der Waals surface area contributed by atoms with Gasteiger partial charge < -0.3 is 9.47 Å². The third-order valence-electron chi connectivity index (χ3n) is 3.76. The quantitative estimate of drug-likeness (QED) is 0.364. The van der Waals surface area contributed by atoms with E-state index in [0.717, 1.165) is 5.56 Å². The fourth-order valence-corrected chi connectivity index (χ4v) is 2.91. The first-order chi connectivity index (χ1) is 12.0. The molecule has 1 aliphatic heterocycles. The summed E-state index contributed by atoms with van der Waals surface area (Å²) in [5, 5.41) is 2.65. The minimum atomic E-state index is -0.514. The number of carbonyl (C=O) groups is 2. The van der Waals surface area contributed by atoms with Crippen LogP contribution < -0.4 is 14.8 Å². The summed E-state index contributed by atoms with van der Waals surface area (Å²) in [6.07, 6.45) is 3.82. The third kappa shape index (κ3) is 3.71. The summed E-state index contributed by atoms with van der Waals surface area (Å²) < 4.78 is 10.8. The zero-order valence-electron chi connectivity index (χ0n) is 14.4. The zero-order chi connectivity index (χ0) is 18.6. The van der Waals surface area contributed by atoms with Gasteiger partial charge in [-0.3, -0.25) is 19.8 Å². The number of likely N-dealkylation sites (N-methyl/N-ethyl adjacent to an activating group) is 1. The molecule has 0 spiro atoms. The second-order valence-corrected chi connectivity index (χ2v) is 5.66. The molecule has 2 rings (SSSR count). The number of ether oxygens (including phenoxy) is 2. The van der Waals surface area contributed by atoms with Crippen molar-refractivity contribution < 1.29 is 19.1 Å². The Balaban J connectivity index is 2.53. The van der Waals surface area contributed by atoms with E-state index >= 15 is 0 Å². The number of nitrogens with one attached hydrogen (secondary N) is 1. The van der Waals surface area contributed by atoms with Gasteiger partial charge in [0.25, 0.3) is 11.8 Å². The molecule has 0 atom stereocenters. The van der Waals surface area contributed by atoms with Crippen molar-refractivity contribution in [2.45, 2.75) is 13.3 Å². The summed E-state index contributed by atoms with van der Waals surface area (Å²) in [6, 6.07) is 3.54. The van der Waals surface area contributed by atoms with Crippen molar-refractivity contribution in [2.24, 2.45) is 0 Å². The van der Waals surface area contributed by atoms with Crippen LogP contribution in [0.2, 0.25) is 0 Å². The molecule has 1 N–H and O–H groups in total. The molecule has 132 valence electrons. The lowest BCUT2D eigenvalue weighted by atomic mass is 10.0. The second kappa shape index (κ2) is 7.94. The van der Waals surface area contributed by atoms with E-state index in [-0.39, 0.29) is 10.7 Å². The Labute approximate surface area is 152 Å². The molecule has 0 bridgehead atoms. The molecule has 0 radical (unpaired) electrons. The zero-order valence-corrected chi connectivity index (χ0v) is 15.2. The van der Waals surface area contributed by atoms with E-state index in [4.69, 9.17) is 21.7 Å². The average Bonchev–Trinajstić information content (AvgIpc) is 2.58. The highest BCUT2D eigenvalue weighted by molar-refractivity contribution is 7.80. The standard InChI is InChI=1S/C18H20N2O4S/c1-5-7-12-8-11(10-14(23-3)15(12)24-4)9-13-16(21)19-18(25)20(6-2)17(13)22/h5,8-10H,1,6-7H2,2-4H3,(H,19,21,25)/b13-9+. The molecule has 6 nitrogen and oxygen atoms in total. The van der Waals surface area contributed by atoms with Crippen LogP contribution in [-0.4, -0.2) is 42.6 Å². The number of thiocarbonyl (C=S) groups is 1. The number of methoxy groups -OCH3 is 2. The highest BCUT2D eigenvalue weighted by Crippen LogP contribution is 2.34. The van der Waals surface area contributed by atoms with Gasteiger partial charge in [0.1, 0.15) is 5.57 Å². The number of hydrogen-bond acceptors (Lipinski definition) is 5. The molecule has 1 aromatic carbocycles. The maximum atomic E-state index is 12.5. The minimum Gasteiger partial charge on any atom is -0.493 e. The molecule has 1 saturated heterocycles.